The molecule has 0 aromatic heterocycles. The van der Waals surface area contributed by atoms with Crippen LogP contribution < -0.4 is 0 Å². The van der Waals surface area contributed by atoms with Crippen molar-refractivity contribution in [2.24, 2.45) is 0 Å². The Morgan fingerprint density at radius 2 is 1.25 bits per heavy atom. The minimum absolute atomic E-state index is 0.103. The zero-order valence-electron chi connectivity index (χ0n) is 10.4. The van der Waals surface area contributed by atoms with Crippen LogP contribution in [0, 0.1) is 0 Å². The minimum atomic E-state index is 0.103. The quantitative estimate of drug-likeness (QED) is 0.575. The second-order valence-corrected chi connectivity index (χ2v) is 4.24. The van der Waals surface area contributed by atoms with Crippen LogP contribution in [0.5, 0.6) is 0 Å². The van der Waals surface area contributed by atoms with Gasteiger partial charge in [-0.25, -0.2) is 0 Å². The highest BCUT2D eigenvalue weighted by Gasteiger charge is 2.07. The molecule has 0 spiro atoms. The molecule has 0 radical (unpaired) electrons. The maximum atomic E-state index is 11.3. The second-order valence-electron chi connectivity index (χ2n) is 4.24. The third-order valence-corrected chi connectivity index (χ3v) is 2.48. The van der Waals surface area contributed by atoms with Crippen LogP contribution in [0.1, 0.15) is 65.2 Å². The molecule has 0 aliphatic rings. The highest BCUT2D eigenvalue weighted by atomic mass is 16.1. The third-order valence-electron chi connectivity index (χ3n) is 2.48. The van der Waals surface area contributed by atoms with E-state index in [1.54, 1.807) is 0 Å². The van der Waals surface area contributed by atoms with E-state index in [1.807, 2.05) is 6.92 Å². The fraction of sp³-hybridized carbons (Fsp3) is 0.769. The zero-order valence-corrected chi connectivity index (χ0v) is 10.4. The van der Waals surface area contributed by atoms with Gasteiger partial charge in [-0.3, -0.25) is 9.59 Å². The molecule has 0 heterocycles. The molecule has 0 rings (SSSR count). The monoisotopic (exact) mass is 226 g/mol. The van der Waals surface area contributed by atoms with Gasteiger partial charge in [-0.05, 0) is 19.8 Å². The van der Waals surface area contributed by atoms with E-state index in [9.17, 15) is 14.4 Å². The van der Waals surface area contributed by atoms with E-state index in [4.69, 9.17) is 0 Å². The average Bonchev–Trinajstić information content (AvgIpc) is 2.23. The maximum absolute atomic E-state index is 11.3. The lowest BCUT2D eigenvalue weighted by Gasteiger charge is -2.00. The molecule has 0 aliphatic carbocycles. The van der Waals surface area contributed by atoms with Crippen molar-refractivity contribution in [1.82, 2.24) is 0 Å². The van der Waals surface area contributed by atoms with Gasteiger partial charge in [0.05, 0.1) is 0 Å². The summed E-state index contributed by atoms with van der Waals surface area (Å²) in [5.41, 5.74) is 0. The topological polar surface area (TPSA) is 51.2 Å². The summed E-state index contributed by atoms with van der Waals surface area (Å²) in [5, 5.41) is 0. The normalized spacial score (nSPS) is 10.1. The molecule has 0 aliphatic heterocycles. The number of hydrogen-bond acceptors (Lipinski definition) is 3. The van der Waals surface area contributed by atoms with Crippen LogP contribution in [0.3, 0.4) is 0 Å². The van der Waals surface area contributed by atoms with Crippen LogP contribution in [0.2, 0.25) is 0 Å². The van der Waals surface area contributed by atoms with Gasteiger partial charge < -0.3 is 4.79 Å². The van der Waals surface area contributed by atoms with Gasteiger partial charge in [-0.1, -0.05) is 13.3 Å². The number of carbonyl (C=O) groups excluding carboxylic acids is 3. The van der Waals surface area contributed by atoms with Crippen LogP contribution in [-0.2, 0) is 14.4 Å². The van der Waals surface area contributed by atoms with Gasteiger partial charge in [0.15, 0.2) is 0 Å². The molecule has 92 valence electrons. The predicted octanol–water partition coefficient (Wildman–Crippen LogP) is 2.85. The van der Waals surface area contributed by atoms with Crippen LogP contribution in [0.25, 0.3) is 0 Å². The fourth-order valence-electron chi connectivity index (χ4n) is 1.44. The smallest absolute Gasteiger partial charge is 0.133 e. The highest BCUT2D eigenvalue weighted by Crippen LogP contribution is 2.05. The summed E-state index contributed by atoms with van der Waals surface area (Å²) in [7, 11) is 0. The van der Waals surface area contributed by atoms with Crippen LogP contribution in [-0.4, -0.2) is 17.3 Å². The Labute approximate surface area is 97.6 Å². The van der Waals surface area contributed by atoms with Crippen molar-refractivity contribution in [3.63, 3.8) is 0 Å². The molecule has 0 N–H and O–H groups in total. The first-order chi connectivity index (χ1) is 7.56. The molecule has 0 aromatic rings. The predicted molar refractivity (Wildman–Crippen MR) is 63.3 cm³/mol. The Hall–Kier alpha value is -0.990. The van der Waals surface area contributed by atoms with Crippen molar-refractivity contribution in [3.05, 3.63) is 0 Å². The number of ketones is 3. The number of rotatable bonds is 10. The standard InChI is InChI=1S/C13H22O3/c1-3-4-7-12(15)9-10-13(16)8-5-6-11(2)14/h3-10H2,1-2H3. The van der Waals surface area contributed by atoms with E-state index in [0.717, 1.165) is 12.8 Å². The van der Waals surface area contributed by atoms with Crippen molar-refractivity contribution in [2.45, 2.75) is 65.2 Å². The van der Waals surface area contributed by atoms with E-state index < -0.39 is 0 Å². The lowest BCUT2D eigenvalue weighted by Crippen LogP contribution is -2.04. The Bertz CT molecular complexity index is 244. The van der Waals surface area contributed by atoms with E-state index in [2.05, 4.69) is 0 Å². The maximum Gasteiger partial charge on any atom is 0.133 e. The molecule has 16 heavy (non-hydrogen) atoms. The average molecular weight is 226 g/mol. The van der Waals surface area contributed by atoms with Gasteiger partial charge in [0.25, 0.3) is 0 Å². The van der Waals surface area contributed by atoms with Gasteiger partial charge in [0.1, 0.15) is 17.3 Å². The number of Topliss-reactive ketones (excluding diaryl/α,β-unsaturated/α-hetero) is 3. The first-order valence-electron chi connectivity index (χ1n) is 6.09. The molecular formula is C13H22O3. The first-order valence-corrected chi connectivity index (χ1v) is 6.09. The molecule has 0 unspecified atom stereocenters. The molecular weight excluding hydrogens is 204 g/mol. The fourth-order valence-corrected chi connectivity index (χ4v) is 1.44. The van der Waals surface area contributed by atoms with E-state index in [1.165, 1.54) is 6.92 Å². The molecule has 0 saturated carbocycles. The van der Waals surface area contributed by atoms with Crippen molar-refractivity contribution < 1.29 is 14.4 Å². The minimum Gasteiger partial charge on any atom is -0.300 e. The number of unbranched alkanes of at least 4 members (excludes halogenated alkanes) is 1. The SMILES string of the molecule is CCCCC(=O)CCC(=O)CCCC(C)=O. The van der Waals surface area contributed by atoms with Crippen molar-refractivity contribution in [3.8, 4) is 0 Å². The Morgan fingerprint density at radius 3 is 1.69 bits per heavy atom. The van der Waals surface area contributed by atoms with Crippen LogP contribution >= 0.6 is 0 Å². The van der Waals surface area contributed by atoms with Crippen molar-refractivity contribution in [2.75, 3.05) is 0 Å². The Morgan fingerprint density at radius 1 is 0.750 bits per heavy atom. The zero-order chi connectivity index (χ0) is 12.4. The van der Waals surface area contributed by atoms with Crippen molar-refractivity contribution in [1.29, 1.82) is 0 Å². The summed E-state index contributed by atoms with van der Waals surface area (Å²) in [4.78, 5) is 33.3. The summed E-state index contributed by atoms with van der Waals surface area (Å²) >= 11 is 0. The van der Waals surface area contributed by atoms with Crippen molar-refractivity contribution >= 4 is 17.3 Å². The summed E-state index contributed by atoms with van der Waals surface area (Å²) in [6, 6.07) is 0. The van der Waals surface area contributed by atoms with Gasteiger partial charge in [0, 0.05) is 32.1 Å². The number of carbonyl (C=O) groups is 3. The summed E-state index contributed by atoms with van der Waals surface area (Å²) in [6.07, 6.45) is 4.76. The Kier molecular flexibility index (Phi) is 8.68. The molecule has 0 bridgehead atoms. The largest absolute Gasteiger partial charge is 0.300 e. The highest BCUT2D eigenvalue weighted by molar-refractivity contribution is 5.86. The molecule has 0 amide bonds. The molecule has 0 atom stereocenters. The lowest BCUT2D eigenvalue weighted by atomic mass is 10.0. The summed E-state index contributed by atoms with van der Waals surface area (Å²) in [6.45, 7) is 3.57. The lowest BCUT2D eigenvalue weighted by molar-refractivity contribution is -0.124. The molecule has 0 aromatic carbocycles. The van der Waals surface area contributed by atoms with Gasteiger partial charge in [-0.15, -0.1) is 0 Å². The van der Waals surface area contributed by atoms with E-state index >= 15 is 0 Å². The summed E-state index contributed by atoms with van der Waals surface area (Å²) in [5.74, 6) is 0.402. The molecule has 0 fully saturated rings. The molecule has 3 heteroatoms. The van der Waals surface area contributed by atoms with E-state index in [-0.39, 0.29) is 17.3 Å². The van der Waals surface area contributed by atoms with Crippen LogP contribution in [0.4, 0.5) is 0 Å². The Balaban J connectivity index is 3.49. The summed E-state index contributed by atoms with van der Waals surface area (Å²) < 4.78 is 0. The second kappa shape index (κ2) is 9.25. The van der Waals surface area contributed by atoms with Gasteiger partial charge >= 0.3 is 0 Å². The van der Waals surface area contributed by atoms with E-state index in [0.29, 0.717) is 38.5 Å². The van der Waals surface area contributed by atoms with Gasteiger partial charge in [-0.2, -0.15) is 0 Å². The third kappa shape index (κ3) is 9.56. The first kappa shape index (κ1) is 15.0. The number of hydrogen-bond donors (Lipinski definition) is 0. The van der Waals surface area contributed by atoms with Gasteiger partial charge in [0.2, 0.25) is 0 Å². The van der Waals surface area contributed by atoms with Crippen LogP contribution in [0.15, 0.2) is 0 Å². The molecule has 3 nitrogen and oxygen atoms in total. The molecule has 0 saturated heterocycles.